The Kier molecular flexibility index (Phi) is 10.4. The van der Waals surface area contributed by atoms with Crippen LogP contribution in [0.5, 0.6) is 5.75 Å². The second-order valence-corrected chi connectivity index (χ2v) is 10.6. The van der Waals surface area contributed by atoms with Gasteiger partial charge < -0.3 is 15.0 Å². The van der Waals surface area contributed by atoms with Gasteiger partial charge in [-0.2, -0.15) is 0 Å². The standard InChI is InChI=1S/C25H34N4O7S/c1-6-18(3)26-25(31)23(7-2)27(16-19-10-8-13-22(14-19)36-4)24(30)17-28(37(5,34)35)20-11-9-12-21(15-20)29(32)33/h8-15,18,23H,6-7,16-17H2,1-5H3,(H,26,31)/t18-,23+/m0/s1. The van der Waals surface area contributed by atoms with Gasteiger partial charge in [-0.15, -0.1) is 0 Å². The smallest absolute Gasteiger partial charge is 0.271 e. The minimum Gasteiger partial charge on any atom is -0.497 e. The minimum atomic E-state index is -4.01. The van der Waals surface area contributed by atoms with E-state index in [1.807, 2.05) is 13.8 Å². The number of hydrogen-bond acceptors (Lipinski definition) is 7. The van der Waals surface area contributed by atoms with Gasteiger partial charge in [-0.1, -0.05) is 32.0 Å². The number of sulfonamides is 1. The summed E-state index contributed by atoms with van der Waals surface area (Å²) in [6, 6.07) is 11.1. The first-order valence-corrected chi connectivity index (χ1v) is 13.7. The van der Waals surface area contributed by atoms with Crippen LogP contribution in [0.15, 0.2) is 48.5 Å². The molecule has 0 radical (unpaired) electrons. The Labute approximate surface area is 217 Å². The molecule has 0 bridgehead atoms. The largest absolute Gasteiger partial charge is 0.497 e. The van der Waals surface area contributed by atoms with Gasteiger partial charge in [0.25, 0.3) is 5.69 Å². The molecule has 37 heavy (non-hydrogen) atoms. The molecule has 0 aliphatic heterocycles. The maximum absolute atomic E-state index is 13.7. The van der Waals surface area contributed by atoms with E-state index in [0.717, 1.165) is 16.6 Å². The fourth-order valence-corrected chi connectivity index (χ4v) is 4.54. The number of methoxy groups -OCH3 is 1. The molecule has 2 aromatic rings. The first kappa shape index (κ1) is 29.6. The molecule has 0 fully saturated rings. The lowest BCUT2D eigenvalue weighted by Gasteiger charge is -2.33. The van der Waals surface area contributed by atoms with Crippen LogP contribution in [0.2, 0.25) is 0 Å². The number of nitro groups is 1. The molecule has 2 aromatic carbocycles. The first-order valence-electron chi connectivity index (χ1n) is 11.9. The van der Waals surface area contributed by atoms with E-state index in [1.165, 1.54) is 30.2 Å². The zero-order valence-corrected chi connectivity index (χ0v) is 22.5. The molecule has 2 amide bonds. The third-order valence-corrected chi connectivity index (χ3v) is 7.02. The normalized spacial score (nSPS) is 12.8. The van der Waals surface area contributed by atoms with Gasteiger partial charge in [-0.25, -0.2) is 8.42 Å². The van der Waals surface area contributed by atoms with Gasteiger partial charge in [-0.05, 0) is 43.5 Å². The second-order valence-electron chi connectivity index (χ2n) is 8.66. The fraction of sp³-hybridized carbons (Fsp3) is 0.440. The van der Waals surface area contributed by atoms with Crippen molar-refractivity contribution in [1.29, 1.82) is 0 Å². The van der Waals surface area contributed by atoms with Crippen molar-refractivity contribution in [3.63, 3.8) is 0 Å². The summed E-state index contributed by atoms with van der Waals surface area (Å²) in [5.41, 5.74) is 0.346. The van der Waals surface area contributed by atoms with Gasteiger partial charge >= 0.3 is 0 Å². The molecular formula is C25H34N4O7S. The Bertz CT molecular complexity index is 1220. The Morgan fingerprint density at radius 1 is 1.11 bits per heavy atom. The summed E-state index contributed by atoms with van der Waals surface area (Å²) in [5.74, 6) is -0.420. The SMILES string of the molecule is CC[C@H](C(=O)N[C@@H](C)CC)N(Cc1cccc(OC)c1)C(=O)CN(c1cccc([N+](=O)[O-])c1)S(C)(=O)=O. The molecule has 0 saturated heterocycles. The zero-order valence-electron chi connectivity index (χ0n) is 21.7. The molecule has 2 rings (SSSR count). The molecule has 0 aliphatic carbocycles. The molecule has 2 atom stereocenters. The third kappa shape index (κ3) is 8.17. The van der Waals surface area contributed by atoms with Crippen molar-refractivity contribution in [2.45, 2.75) is 52.2 Å². The van der Waals surface area contributed by atoms with E-state index >= 15 is 0 Å². The Morgan fingerprint density at radius 2 is 1.78 bits per heavy atom. The highest BCUT2D eigenvalue weighted by Gasteiger charge is 2.32. The lowest BCUT2D eigenvalue weighted by molar-refractivity contribution is -0.384. The Hall–Kier alpha value is -3.67. The van der Waals surface area contributed by atoms with Crippen LogP contribution in [-0.2, 0) is 26.2 Å². The number of nitrogens with one attached hydrogen (secondary N) is 1. The topological polar surface area (TPSA) is 139 Å². The molecular weight excluding hydrogens is 500 g/mol. The summed E-state index contributed by atoms with van der Waals surface area (Å²) >= 11 is 0. The Balaban J connectivity index is 2.49. The number of nitro benzene ring substituents is 1. The van der Waals surface area contributed by atoms with Gasteiger partial charge in [0, 0.05) is 24.7 Å². The molecule has 11 nitrogen and oxygen atoms in total. The lowest BCUT2D eigenvalue weighted by Crippen LogP contribution is -2.53. The number of rotatable bonds is 13. The van der Waals surface area contributed by atoms with E-state index in [1.54, 1.807) is 31.2 Å². The molecule has 0 spiro atoms. The number of carbonyl (C=O) groups excluding carboxylic acids is 2. The average Bonchev–Trinajstić information content (AvgIpc) is 2.86. The summed E-state index contributed by atoms with van der Waals surface area (Å²) in [4.78, 5) is 38.7. The van der Waals surface area contributed by atoms with Crippen LogP contribution < -0.4 is 14.4 Å². The number of amides is 2. The van der Waals surface area contributed by atoms with Crippen molar-refractivity contribution in [2.24, 2.45) is 0 Å². The van der Waals surface area contributed by atoms with Crippen molar-refractivity contribution in [1.82, 2.24) is 10.2 Å². The highest BCUT2D eigenvalue weighted by Crippen LogP contribution is 2.24. The van der Waals surface area contributed by atoms with Gasteiger partial charge in [0.15, 0.2) is 0 Å². The van der Waals surface area contributed by atoms with Crippen LogP contribution in [0.4, 0.5) is 11.4 Å². The number of nitrogens with zero attached hydrogens (tertiary/aromatic N) is 3. The quantitative estimate of drug-likeness (QED) is 0.308. The maximum atomic E-state index is 13.7. The van der Waals surface area contributed by atoms with Gasteiger partial charge in [0.05, 0.1) is 24.0 Å². The second kappa shape index (κ2) is 13.0. The number of anilines is 1. The van der Waals surface area contributed by atoms with Crippen LogP contribution in [0.1, 0.15) is 39.2 Å². The van der Waals surface area contributed by atoms with Crippen molar-refractivity contribution in [3.8, 4) is 5.75 Å². The molecule has 12 heteroatoms. The van der Waals surface area contributed by atoms with E-state index in [0.29, 0.717) is 17.7 Å². The summed E-state index contributed by atoms with van der Waals surface area (Å²) in [6.45, 7) is 4.92. The number of non-ortho nitro benzene ring substituents is 1. The van der Waals surface area contributed by atoms with Crippen LogP contribution >= 0.6 is 0 Å². The van der Waals surface area contributed by atoms with Crippen LogP contribution in [0, 0.1) is 10.1 Å². The average molecular weight is 535 g/mol. The van der Waals surface area contributed by atoms with E-state index in [-0.39, 0.29) is 36.3 Å². The van der Waals surface area contributed by atoms with Crippen LogP contribution in [0.3, 0.4) is 0 Å². The first-order chi connectivity index (χ1) is 17.4. The maximum Gasteiger partial charge on any atom is 0.271 e. The van der Waals surface area contributed by atoms with E-state index in [9.17, 15) is 28.1 Å². The summed E-state index contributed by atoms with van der Waals surface area (Å²) < 4.78 is 31.4. The third-order valence-electron chi connectivity index (χ3n) is 5.88. The van der Waals surface area contributed by atoms with Crippen molar-refractivity contribution >= 4 is 33.2 Å². The minimum absolute atomic E-state index is 0.0228. The molecule has 0 saturated carbocycles. The molecule has 0 aromatic heterocycles. The molecule has 202 valence electrons. The number of benzene rings is 2. The van der Waals surface area contributed by atoms with Gasteiger partial charge in [-0.3, -0.25) is 24.0 Å². The summed E-state index contributed by atoms with van der Waals surface area (Å²) in [6.07, 6.45) is 1.90. The monoisotopic (exact) mass is 534 g/mol. The molecule has 1 N–H and O–H groups in total. The van der Waals surface area contributed by atoms with E-state index in [2.05, 4.69) is 5.32 Å². The van der Waals surface area contributed by atoms with Crippen molar-refractivity contribution < 1.29 is 27.7 Å². The predicted molar refractivity (Wildman–Crippen MR) is 141 cm³/mol. The number of hydrogen-bond donors (Lipinski definition) is 1. The Morgan fingerprint density at radius 3 is 2.35 bits per heavy atom. The molecule has 0 unspecified atom stereocenters. The lowest BCUT2D eigenvalue weighted by atomic mass is 10.1. The highest BCUT2D eigenvalue weighted by molar-refractivity contribution is 7.92. The zero-order chi connectivity index (χ0) is 27.8. The van der Waals surface area contributed by atoms with Crippen molar-refractivity contribution in [2.75, 3.05) is 24.2 Å². The van der Waals surface area contributed by atoms with Crippen LogP contribution in [0.25, 0.3) is 0 Å². The molecule has 0 aliphatic rings. The fourth-order valence-electron chi connectivity index (χ4n) is 3.70. The highest BCUT2D eigenvalue weighted by atomic mass is 32.2. The van der Waals surface area contributed by atoms with Gasteiger partial charge in [0.1, 0.15) is 18.3 Å². The number of carbonyl (C=O) groups is 2. The number of ether oxygens (including phenoxy) is 1. The predicted octanol–water partition coefficient (Wildman–Crippen LogP) is 3.09. The van der Waals surface area contributed by atoms with Crippen LogP contribution in [-0.4, -0.2) is 62.0 Å². The van der Waals surface area contributed by atoms with Gasteiger partial charge in [0.2, 0.25) is 21.8 Å². The summed E-state index contributed by atoms with van der Waals surface area (Å²) in [7, 11) is -2.49. The van der Waals surface area contributed by atoms with E-state index in [4.69, 9.17) is 4.74 Å². The van der Waals surface area contributed by atoms with Crippen molar-refractivity contribution in [3.05, 3.63) is 64.2 Å². The molecule has 0 heterocycles. The van der Waals surface area contributed by atoms with E-state index < -0.39 is 33.4 Å². The summed E-state index contributed by atoms with van der Waals surface area (Å²) in [5, 5.41) is 14.1.